The summed E-state index contributed by atoms with van der Waals surface area (Å²) < 4.78 is 11.1. The molecule has 0 aromatic heterocycles. The Morgan fingerprint density at radius 2 is 1.92 bits per heavy atom. The summed E-state index contributed by atoms with van der Waals surface area (Å²) in [6.45, 7) is 3.24. The number of hydrogen-bond acceptors (Lipinski definition) is 4. The van der Waals surface area contributed by atoms with E-state index in [0.717, 1.165) is 42.5 Å². The molecule has 0 unspecified atom stereocenters. The minimum Gasteiger partial charge on any atom is -0.483 e. The summed E-state index contributed by atoms with van der Waals surface area (Å²) in [7, 11) is 1.72. The fourth-order valence-corrected chi connectivity index (χ4v) is 3.44. The lowest BCUT2D eigenvalue weighted by Gasteiger charge is -2.37. The summed E-state index contributed by atoms with van der Waals surface area (Å²) in [4.78, 5) is 12.2. The van der Waals surface area contributed by atoms with E-state index in [-0.39, 0.29) is 17.9 Å². The van der Waals surface area contributed by atoms with Crippen LogP contribution in [0.1, 0.15) is 12.8 Å². The van der Waals surface area contributed by atoms with E-state index in [1.807, 2.05) is 42.5 Å². The molecule has 1 amide bonds. The summed E-state index contributed by atoms with van der Waals surface area (Å²) in [6, 6.07) is 13.9. The van der Waals surface area contributed by atoms with Gasteiger partial charge in [0.1, 0.15) is 5.75 Å². The van der Waals surface area contributed by atoms with Crippen LogP contribution in [0, 0.1) is 5.41 Å². The Morgan fingerprint density at radius 1 is 1.16 bits per heavy atom. The highest BCUT2D eigenvalue weighted by Gasteiger charge is 2.32. The van der Waals surface area contributed by atoms with Gasteiger partial charge in [0.05, 0.1) is 6.61 Å². The topological polar surface area (TPSA) is 59.6 Å². The highest BCUT2D eigenvalue weighted by atomic mass is 16.5. The van der Waals surface area contributed by atoms with Crippen molar-refractivity contribution in [1.29, 1.82) is 0 Å². The van der Waals surface area contributed by atoms with Crippen LogP contribution in [0.5, 0.6) is 5.75 Å². The largest absolute Gasteiger partial charge is 0.483 e. The second-order valence-corrected chi connectivity index (χ2v) is 6.73. The molecule has 2 aromatic carbocycles. The molecule has 0 atom stereocenters. The number of hydrogen-bond donors (Lipinski definition) is 2. The van der Waals surface area contributed by atoms with Crippen LogP contribution in [0.15, 0.2) is 42.5 Å². The van der Waals surface area contributed by atoms with Gasteiger partial charge in [0.25, 0.3) is 5.91 Å². The second kappa shape index (κ2) is 8.32. The third-order valence-electron chi connectivity index (χ3n) is 4.88. The highest BCUT2D eigenvalue weighted by Crippen LogP contribution is 2.28. The molecule has 0 aliphatic carbocycles. The molecule has 25 heavy (non-hydrogen) atoms. The maximum Gasteiger partial charge on any atom is 0.257 e. The predicted molar refractivity (Wildman–Crippen MR) is 98.9 cm³/mol. The van der Waals surface area contributed by atoms with Crippen LogP contribution < -0.4 is 15.4 Å². The summed E-state index contributed by atoms with van der Waals surface area (Å²) in [6.07, 6.45) is 2.01. The molecule has 0 saturated carbocycles. The first-order chi connectivity index (χ1) is 12.2. The van der Waals surface area contributed by atoms with Crippen LogP contribution in [0.4, 0.5) is 0 Å². The smallest absolute Gasteiger partial charge is 0.257 e. The number of benzene rings is 2. The van der Waals surface area contributed by atoms with E-state index < -0.39 is 0 Å². The molecule has 2 N–H and O–H groups in total. The summed E-state index contributed by atoms with van der Waals surface area (Å²) in [5.74, 6) is 0.642. The molecule has 1 aliphatic rings. The molecular formula is C20H26N2O3. The zero-order valence-electron chi connectivity index (χ0n) is 14.7. The van der Waals surface area contributed by atoms with Crippen LogP contribution in [0.25, 0.3) is 10.8 Å². The van der Waals surface area contributed by atoms with Gasteiger partial charge in [0.15, 0.2) is 6.61 Å². The molecule has 5 heteroatoms. The number of nitrogens with one attached hydrogen (secondary N) is 2. The van der Waals surface area contributed by atoms with Gasteiger partial charge in [-0.3, -0.25) is 4.79 Å². The molecule has 0 spiro atoms. The highest BCUT2D eigenvalue weighted by molar-refractivity contribution is 5.88. The fourth-order valence-electron chi connectivity index (χ4n) is 3.44. The first kappa shape index (κ1) is 17.7. The quantitative estimate of drug-likeness (QED) is 0.811. The first-order valence-electron chi connectivity index (χ1n) is 8.79. The Labute approximate surface area is 148 Å². The third kappa shape index (κ3) is 4.50. The third-order valence-corrected chi connectivity index (χ3v) is 4.88. The van der Waals surface area contributed by atoms with Crippen LogP contribution in [-0.2, 0) is 9.53 Å². The minimum absolute atomic E-state index is 0.0229. The van der Waals surface area contributed by atoms with Crippen LogP contribution in [0.2, 0.25) is 0 Å². The van der Waals surface area contributed by atoms with E-state index in [1.165, 1.54) is 0 Å². The molecule has 3 rings (SSSR count). The van der Waals surface area contributed by atoms with Crippen molar-refractivity contribution in [3.63, 3.8) is 0 Å². The van der Waals surface area contributed by atoms with Gasteiger partial charge in [-0.05, 0) is 37.4 Å². The Hall–Kier alpha value is -2.11. The monoisotopic (exact) mass is 342 g/mol. The minimum atomic E-state index is -0.0954. The van der Waals surface area contributed by atoms with Crippen molar-refractivity contribution in [2.24, 2.45) is 5.41 Å². The standard InChI is InChI=1S/C20H26N2O3/c1-24-15-20(9-11-21-12-10-20)14-22-19(23)13-25-18-8-4-6-16-5-2-3-7-17(16)18/h2-8,21H,9-15H2,1H3,(H,22,23). The number of rotatable bonds is 7. The van der Waals surface area contributed by atoms with Gasteiger partial charge in [-0.1, -0.05) is 36.4 Å². The summed E-state index contributed by atoms with van der Waals surface area (Å²) in [5.41, 5.74) is 0.0229. The maximum atomic E-state index is 12.2. The molecule has 134 valence electrons. The number of piperidine rings is 1. The zero-order chi connectivity index (χ0) is 17.5. The van der Waals surface area contributed by atoms with E-state index in [1.54, 1.807) is 7.11 Å². The number of amides is 1. The van der Waals surface area contributed by atoms with E-state index >= 15 is 0 Å². The maximum absolute atomic E-state index is 12.2. The van der Waals surface area contributed by atoms with Gasteiger partial charge in [-0.15, -0.1) is 0 Å². The Morgan fingerprint density at radius 3 is 2.72 bits per heavy atom. The second-order valence-electron chi connectivity index (χ2n) is 6.73. The lowest BCUT2D eigenvalue weighted by molar-refractivity contribution is -0.124. The molecule has 1 aliphatic heterocycles. The first-order valence-corrected chi connectivity index (χ1v) is 8.79. The van der Waals surface area contributed by atoms with Crippen LogP contribution in [0.3, 0.4) is 0 Å². The van der Waals surface area contributed by atoms with Crippen molar-refractivity contribution < 1.29 is 14.3 Å². The molecule has 5 nitrogen and oxygen atoms in total. The SMILES string of the molecule is COCC1(CNC(=O)COc2cccc3ccccc23)CCNCC1. The molecule has 2 aromatic rings. The number of carbonyl (C=O) groups is 1. The van der Waals surface area contributed by atoms with E-state index in [2.05, 4.69) is 10.6 Å². The van der Waals surface area contributed by atoms with E-state index in [4.69, 9.17) is 9.47 Å². The number of carbonyl (C=O) groups excluding carboxylic acids is 1. The molecule has 1 heterocycles. The van der Waals surface area contributed by atoms with E-state index in [9.17, 15) is 4.79 Å². The van der Waals surface area contributed by atoms with Crippen molar-refractivity contribution in [3.05, 3.63) is 42.5 Å². The number of methoxy groups -OCH3 is 1. The average molecular weight is 342 g/mol. The lowest BCUT2D eigenvalue weighted by Crippen LogP contribution is -2.47. The van der Waals surface area contributed by atoms with Crippen molar-refractivity contribution >= 4 is 16.7 Å². The number of fused-ring (bicyclic) bond motifs is 1. The molecular weight excluding hydrogens is 316 g/mol. The van der Waals surface area contributed by atoms with Gasteiger partial charge in [0.2, 0.25) is 0 Å². The van der Waals surface area contributed by atoms with Crippen molar-refractivity contribution in [3.8, 4) is 5.75 Å². The Kier molecular flexibility index (Phi) is 5.89. The van der Waals surface area contributed by atoms with Crippen LogP contribution >= 0.6 is 0 Å². The van der Waals surface area contributed by atoms with Crippen molar-refractivity contribution in [1.82, 2.24) is 10.6 Å². The molecule has 0 radical (unpaired) electrons. The Bertz CT molecular complexity index is 700. The fraction of sp³-hybridized carbons (Fsp3) is 0.450. The predicted octanol–water partition coefficient (Wildman–Crippen LogP) is 2.35. The molecule has 0 bridgehead atoms. The number of ether oxygens (including phenoxy) is 2. The average Bonchev–Trinajstić information content (AvgIpc) is 2.66. The van der Waals surface area contributed by atoms with E-state index in [0.29, 0.717) is 13.2 Å². The lowest BCUT2D eigenvalue weighted by atomic mass is 9.79. The van der Waals surface area contributed by atoms with Gasteiger partial charge in [0, 0.05) is 24.5 Å². The van der Waals surface area contributed by atoms with Crippen molar-refractivity contribution in [2.75, 3.05) is 40.0 Å². The van der Waals surface area contributed by atoms with Gasteiger partial charge in [-0.25, -0.2) is 0 Å². The van der Waals surface area contributed by atoms with Crippen LogP contribution in [-0.4, -0.2) is 45.9 Å². The molecule has 1 saturated heterocycles. The summed E-state index contributed by atoms with van der Waals surface area (Å²) in [5, 5.41) is 8.51. The molecule has 1 fully saturated rings. The summed E-state index contributed by atoms with van der Waals surface area (Å²) >= 11 is 0. The zero-order valence-corrected chi connectivity index (χ0v) is 14.7. The normalized spacial score (nSPS) is 16.5. The van der Waals surface area contributed by atoms with Crippen molar-refractivity contribution in [2.45, 2.75) is 12.8 Å². The van der Waals surface area contributed by atoms with Gasteiger partial charge >= 0.3 is 0 Å². The van der Waals surface area contributed by atoms with Gasteiger partial charge in [-0.2, -0.15) is 0 Å². The Balaban J connectivity index is 1.55. The van der Waals surface area contributed by atoms with Gasteiger partial charge < -0.3 is 20.1 Å².